The summed E-state index contributed by atoms with van der Waals surface area (Å²) in [6.45, 7) is 2.78. The molecule has 0 bridgehead atoms. The number of benzene rings is 3. The molecule has 1 aliphatic heterocycles. The van der Waals surface area contributed by atoms with Crippen LogP contribution < -0.4 is 0 Å². The Morgan fingerprint density at radius 3 is 2.24 bits per heavy atom. The zero-order chi connectivity index (χ0) is 23.6. The SMILES string of the molecule is CC1CCC(c2ccc(C#Cc3ccc4c(F)c(C#CC(F)(F)F)c(F)cc4c3)cc2)CO1. The third-order valence-electron chi connectivity index (χ3n) is 5.59. The predicted octanol–water partition coefficient (Wildman–Crippen LogP) is 6.71. The van der Waals surface area contributed by atoms with Crippen LogP contribution in [0, 0.1) is 35.3 Å². The largest absolute Gasteiger partial charge is 0.458 e. The topological polar surface area (TPSA) is 9.23 Å². The number of hydrogen-bond donors (Lipinski definition) is 0. The van der Waals surface area contributed by atoms with Crippen molar-refractivity contribution in [3.05, 3.63) is 82.4 Å². The fourth-order valence-corrected chi connectivity index (χ4v) is 3.78. The molecule has 3 aromatic rings. The Kier molecular flexibility index (Phi) is 6.40. The highest BCUT2D eigenvalue weighted by Gasteiger charge is 2.24. The molecule has 0 aromatic heterocycles. The van der Waals surface area contributed by atoms with Crippen molar-refractivity contribution in [3.8, 4) is 23.7 Å². The van der Waals surface area contributed by atoms with Crippen molar-refractivity contribution in [1.29, 1.82) is 0 Å². The second-order valence-electron chi connectivity index (χ2n) is 8.02. The van der Waals surface area contributed by atoms with Crippen LogP contribution in [0.3, 0.4) is 0 Å². The van der Waals surface area contributed by atoms with Crippen LogP contribution >= 0.6 is 0 Å². The van der Waals surface area contributed by atoms with Crippen molar-refractivity contribution < 1.29 is 26.7 Å². The van der Waals surface area contributed by atoms with E-state index in [1.54, 1.807) is 5.92 Å². The maximum atomic E-state index is 14.5. The summed E-state index contributed by atoms with van der Waals surface area (Å²) in [6.07, 6.45) is -2.42. The van der Waals surface area contributed by atoms with E-state index in [0.29, 0.717) is 24.2 Å². The van der Waals surface area contributed by atoms with Crippen molar-refractivity contribution >= 4 is 10.8 Å². The molecular weight excluding hydrogens is 435 g/mol. The number of fused-ring (bicyclic) bond motifs is 1. The van der Waals surface area contributed by atoms with Crippen LogP contribution in [0.5, 0.6) is 0 Å². The lowest BCUT2D eigenvalue weighted by molar-refractivity contribution is -0.0696. The molecule has 6 heteroatoms. The van der Waals surface area contributed by atoms with E-state index in [2.05, 4.69) is 18.8 Å². The van der Waals surface area contributed by atoms with Gasteiger partial charge < -0.3 is 4.74 Å². The van der Waals surface area contributed by atoms with Gasteiger partial charge in [0.2, 0.25) is 0 Å². The average Bonchev–Trinajstić information content (AvgIpc) is 2.77. The van der Waals surface area contributed by atoms with E-state index in [9.17, 15) is 22.0 Å². The van der Waals surface area contributed by atoms with Crippen molar-refractivity contribution in [3.63, 3.8) is 0 Å². The van der Waals surface area contributed by atoms with Gasteiger partial charge in [-0.25, -0.2) is 8.78 Å². The molecule has 0 saturated carbocycles. The lowest BCUT2D eigenvalue weighted by atomic mass is 9.91. The second-order valence-corrected chi connectivity index (χ2v) is 8.02. The minimum atomic E-state index is -4.84. The smallest absolute Gasteiger partial charge is 0.378 e. The van der Waals surface area contributed by atoms with Crippen LogP contribution in [-0.2, 0) is 4.74 Å². The highest BCUT2D eigenvalue weighted by molar-refractivity contribution is 5.86. The molecule has 4 rings (SSSR count). The third kappa shape index (κ3) is 5.53. The van der Waals surface area contributed by atoms with Crippen LogP contribution in [0.1, 0.15) is 47.9 Å². The average molecular weight is 454 g/mol. The van der Waals surface area contributed by atoms with Gasteiger partial charge in [-0.3, -0.25) is 0 Å². The Labute approximate surface area is 188 Å². The molecule has 1 nitrogen and oxygen atoms in total. The van der Waals surface area contributed by atoms with Crippen LogP contribution in [0.15, 0.2) is 48.5 Å². The van der Waals surface area contributed by atoms with E-state index in [4.69, 9.17) is 4.74 Å². The summed E-state index contributed by atoms with van der Waals surface area (Å²) in [5.41, 5.74) is 1.61. The molecule has 0 amide bonds. The second kappa shape index (κ2) is 9.25. The Hall–Kier alpha value is -3.35. The summed E-state index contributed by atoms with van der Waals surface area (Å²) in [5, 5.41) is 0.165. The highest BCUT2D eigenvalue weighted by atomic mass is 19.4. The first-order valence-corrected chi connectivity index (χ1v) is 10.4. The number of rotatable bonds is 1. The molecule has 1 aliphatic rings. The molecule has 0 N–H and O–H groups in total. The normalized spacial score (nSPS) is 18.2. The van der Waals surface area contributed by atoms with Crippen LogP contribution in [0.25, 0.3) is 10.8 Å². The summed E-state index contributed by atoms with van der Waals surface area (Å²) < 4.78 is 71.3. The van der Waals surface area contributed by atoms with Gasteiger partial charge in [-0.2, -0.15) is 13.2 Å². The molecule has 33 heavy (non-hydrogen) atoms. The minimum absolute atomic E-state index is 0.0261. The fourth-order valence-electron chi connectivity index (χ4n) is 3.78. The number of halogens is 5. The maximum absolute atomic E-state index is 14.5. The van der Waals surface area contributed by atoms with Crippen LogP contribution in [-0.4, -0.2) is 18.9 Å². The lowest BCUT2D eigenvalue weighted by Crippen LogP contribution is -2.22. The van der Waals surface area contributed by atoms with Crippen molar-refractivity contribution in [2.24, 2.45) is 0 Å². The Bertz CT molecular complexity index is 1290. The van der Waals surface area contributed by atoms with Crippen LogP contribution in [0.4, 0.5) is 22.0 Å². The lowest BCUT2D eigenvalue weighted by Gasteiger charge is -2.27. The predicted molar refractivity (Wildman–Crippen MR) is 117 cm³/mol. The van der Waals surface area contributed by atoms with E-state index >= 15 is 0 Å². The standard InChI is InChI=1S/C27H19F5O/c1-17-2-8-21(16-33-17)20-9-5-18(6-10-20)3-4-19-7-11-23-22(14-19)15-25(28)24(26(23)29)12-13-27(30,31)32/h5-7,9-11,14-15,17,21H,2,8,16H2,1H3. The van der Waals surface area contributed by atoms with Gasteiger partial charge in [0.15, 0.2) is 0 Å². The number of hydrogen-bond acceptors (Lipinski definition) is 1. The first kappa shape index (κ1) is 22.8. The zero-order valence-electron chi connectivity index (χ0n) is 17.7. The quantitative estimate of drug-likeness (QED) is 0.293. The molecule has 0 aliphatic carbocycles. The van der Waals surface area contributed by atoms with Gasteiger partial charge in [0.1, 0.15) is 11.6 Å². The van der Waals surface area contributed by atoms with Crippen molar-refractivity contribution in [2.75, 3.05) is 6.61 Å². The molecule has 1 heterocycles. The number of alkyl halides is 3. The van der Waals surface area contributed by atoms with Crippen molar-refractivity contribution in [2.45, 2.75) is 38.0 Å². The Morgan fingerprint density at radius 2 is 1.58 bits per heavy atom. The Balaban J connectivity index is 1.56. The monoisotopic (exact) mass is 454 g/mol. The molecule has 168 valence electrons. The maximum Gasteiger partial charge on any atom is 0.458 e. The molecule has 3 aromatic carbocycles. The van der Waals surface area contributed by atoms with Crippen molar-refractivity contribution in [1.82, 2.24) is 0 Å². The van der Waals surface area contributed by atoms with Gasteiger partial charge in [-0.05, 0) is 61.0 Å². The van der Waals surface area contributed by atoms with E-state index in [1.807, 2.05) is 24.3 Å². The van der Waals surface area contributed by atoms with Gasteiger partial charge in [0.05, 0.1) is 18.3 Å². The minimum Gasteiger partial charge on any atom is -0.378 e. The molecule has 0 radical (unpaired) electrons. The summed E-state index contributed by atoms with van der Waals surface area (Å²) >= 11 is 0. The summed E-state index contributed by atoms with van der Waals surface area (Å²) in [6, 6.07) is 13.3. The molecule has 0 spiro atoms. The molecule has 2 unspecified atom stereocenters. The van der Waals surface area contributed by atoms with E-state index < -0.39 is 23.4 Å². The molecular formula is C27H19F5O. The molecule has 1 saturated heterocycles. The third-order valence-corrected chi connectivity index (χ3v) is 5.59. The first-order valence-electron chi connectivity index (χ1n) is 10.4. The van der Waals surface area contributed by atoms with Gasteiger partial charge in [-0.15, -0.1) is 0 Å². The number of ether oxygens (including phenoxy) is 1. The first-order chi connectivity index (χ1) is 15.7. The molecule has 2 atom stereocenters. The van der Waals surface area contributed by atoms with Gasteiger partial charge in [0.25, 0.3) is 0 Å². The van der Waals surface area contributed by atoms with E-state index in [0.717, 1.165) is 30.4 Å². The summed E-state index contributed by atoms with van der Waals surface area (Å²) in [7, 11) is 0. The zero-order valence-corrected chi connectivity index (χ0v) is 17.7. The summed E-state index contributed by atoms with van der Waals surface area (Å²) in [4.78, 5) is 0. The van der Waals surface area contributed by atoms with Gasteiger partial charge in [-0.1, -0.05) is 36.0 Å². The highest BCUT2D eigenvalue weighted by Crippen LogP contribution is 2.28. The summed E-state index contributed by atoms with van der Waals surface area (Å²) in [5.74, 6) is 6.52. The van der Waals surface area contributed by atoms with E-state index in [-0.39, 0.29) is 10.8 Å². The van der Waals surface area contributed by atoms with Gasteiger partial charge in [0, 0.05) is 28.4 Å². The Morgan fingerprint density at radius 1 is 0.879 bits per heavy atom. The van der Waals surface area contributed by atoms with Crippen LogP contribution in [0.2, 0.25) is 0 Å². The van der Waals surface area contributed by atoms with Gasteiger partial charge >= 0.3 is 6.18 Å². The fraction of sp³-hybridized carbons (Fsp3) is 0.259. The molecule has 1 fully saturated rings. The van der Waals surface area contributed by atoms with E-state index in [1.165, 1.54) is 23.8 Å².